The molecule has 5 heterocycles. The molecule has 5 rings (SSSR count). The van der Waals surface area contributed by atoms with Gasteiger partial charge in [-0.15, -0.1) is 11.3 Å². The van der Waals surface area contributed by atoms with Gasteiger partial charge in [0.1, 0.15) is 10.7 Å². The number of allylic oxidation sites excluding steroid dienone is 1. The van der Waals surface area contributed by atoms with Crippen molar-refractivity contribution in [2.45, 2.75) is 62.3 Å². The third kappa shape index (κ3) is 4.62. The second-order valence-corrected chi connectivity index (χ2v) is 11.8. The summed E-state index contributed by atoms with van der Waals surface area (Å²) in [4.78, 5) is 18.7. The molecular formula is C22H29N9O2S2. The van der Waals surface area contributed by atoms with Crippen molar-refractivity contribution in [3.63, 3.8) is 0 Å². The van der Waals surface area contributed by atoms with E-state index in [-0.39, 0.29) is 29.1 Å². The van der Waals surface area contributed by atoms with Crippen molar-refractivity contribution in [3.8, 4) is 0 Å². The smallest absolute Gasteiger partial charge is 0.277 e. The largest absolute Gasteiger partial charge is 0.402 e. The Bertz CT molecular complexity index is 1390. The minimum atomic E-state index is -3.68. The van der Waals surface area contributed by atoms with E-state index in [4.69, 9.17) is 11.5 Å². The highest BCUT2D eigenvalue weighted by Crippen LogP contribution is 2.39. The molecular weight excluding hydrogens is 486 g/mol. The molecule has 2 fully saturated rings. The van der Waals surface area contributed by atoms with Crippen LogP contribution in [0.25, 0.3) is 10.2 Å². The van der Waals surface area contributed by atoms with Gasteiger partial charge in [-0.25, -0.2) is 23.4 Å². The number of hydrogen-bond donors (Lipinski definition) is 3. The lowest BCUT2D eigenvalue weighted by Crippen LogP contribution is -2.57. The van der Waals surface area contributed by atoms with Crippen LogP contribution in [0.5, 0.6) is 0 Å². The number of anilines is 1. The van der Waals surface area contributed by atoms with Gasteiger partial charge < -0.3 is 21.4 Å². The van der Waals surface area contributed by atoms with Gasteiger partial charge in [-0.05, 0) is 50.1 Å². The zero-order chi connectivity index (χ0) is 24.7. The lowest BCUT2D eigenvalue weighted by atomic mass is 9.84. The van der Waals surface area contributed by atoms with E-state index in [2.05, 4.69) is 25.3 Å². The van der Waals surface area contributed by atoms with Crippen LogP contribution in [0.15, 0.2) is 45.8 Å². The Morgan fingerprint density at radius 2 is 2.00 bits per heavy atom. The van der Waals surface area contributed by atoms with Crippen molar-refractivity contribution in [2.75, 3.05) is 5.32 Å². The lowest BCUT2D eigenvalue weighted by Gasteiger charge is -2.47. The van der Waals surface area contributed by atoms with Gasteiger partial charge in [-0.3, -0.25) is 0 Å². The predicted octanol–water partition coefficient (Wildman–Crippen LogP) is 2.46. The van der Waals surface area contributed by atoms with E-state index in [9.17, 15) is 8.42 Å². The van der Waals surface area contributed by atoms with Crippen LogP contribution in [0, 0.1) is 0 Å². The van der Waals surface area contributed by atoms with Crippen LogP contribution < -0.4 is 16.8 Å². The summed E-state index contributed by atoms with van der Waals surface area (Å²) in [5.74, 6) is 1.21. The minimum absolute atomic E-state index is 0.0379. The molecule has 0 aromatic carbocycles. The second-order valence-electron chi connectivity index (χ2n) is 9.14. The van der Waals surface area contributed by atoms with Crippen molar-refractivity contribution in [1.29, 1.82) is 0 Å². The van der Waals surface area contributed by atoms with Crippen molar-refractivity contribution in [1.82, 2.24) is 23.8 Å². The number of nitrogens with zero attached hydrogens (tertiary/aromatic N) is 6. The number of aromatic nitrogens is 4. The van der Waals surface area contributed by atoms with Gasteiger partial charge in [0, 0.05) is 43.3 Å². The molecule has 0 saturated carbocycles. The summed E-state index contributed by atoms with van der Waals surface area (Å²) in [6.07, 6.45) is 8.76. The van der Waals surface area contributed by atoms with Crippen LogP contribution >= 0.6 is 11.3 Å². The van der Waals surface area contributed by atoms with E-state index < -0.39 is 10.0 Å². The van der Waals surface area contributed by atoms with Crippen LogP contribution in [0.1, 0.15) is 39.0 Å². The Labute approximate surface area is 208 Å². The van der Waals surface area contributed by atoms with Gasteiger partial charge in [-0.2, -0.15) is 9.29 Å². The van der Waals surface area contributed by atoms with Crippen LogP contribution in [0.2, 0.25) is 0 Å². The Hall–Kier alpha value is -3.03. The van der Waals surface area contributed by atoms with Crippen LogP contribution in [-0.2, 0) is 17.1 Å². The summed E-state index contributed by atoms with van der Waals surface area (Å²) in [5.41, 5.74) is 12.3. The molecule has 11 nitrogen and oxygen atoms in total. The number of imidazole rings is 1. The van der Waals surface area contributed by atoms with Crippen molar-refractivity contribution in [3.05, 3.63) is 35.6 Å². The van der Waals surface area contributed by atoms with E-state index in [1.165, 1.54) is 17.5 Å². The first kappa shape index (κ1) is 23.7. The Morgan fingerprint density at radius 3 is 2.66 bits per heavy atom. The number of thiophene rings is 1. The molecule has 5 N–H and O–H groups in total. The molecule has 2 aliphatic heterocycles. The van der Waals surface area contributed by atoms with Gasteiger partial charge in [-0.1, -0.05) is 6.42 Å². The van der Waals surface area contributed by atoms with Crippen LogP contribution in [-0.4, -0.2) is 56.2 Å². The molecule has 0 amide bonds. The van der Waals surface area contributed by atoms with Gasteiger partial charge in [0.15, 0.2) is 5.82 Å². The van der Waals surface area contributed by atoms with Crippen molar-refractivity contribution >= 4 is 49.2 Å². The van der Waals surface area contributed by atoms with E-state index >= 15 is 0 Å². The third-order valence-electron chi connectivity index (χ3n) is 6.44. The first-order chi connectivity index (χ1) is 16.7. The Balaban J connectivity index is 1.40. The highest BCUT2D eigenvalue weighted by atomic mass is 32.2. The standard InChI is InChI=1S/C22H29N9O2S2/c1-13(23)10-18(24)27-19-17-6-9-34-20(17)29-21(28-19)26-14-11-15-4-3-5-16(12-14)31(15)35(32,33)22-25-7-8-30(22)2/h6-10,14-16H,3-5,11-12,23H2,1-2H3,(H3,24,26,27,28,29)/b13-10-/t14?,15-,16+. The number of piperidine rings is 2. The molecule has 2 aliphatic rings. The molecule has 0 radical (unpaired) electrons. The zero-order valence-corrected chi connectivity index (χ0v) is 21.3. The number of aliphatic imine (C=N–C) groups is 1. The summed E-state index contributed by atoms with van der Waals surface area (Å²) in [6, 6.07) is 1.76. The monoisotopic (exact) mass is 515 g/mol. The fourth-order valence-corrected chi connectivity index (χ4v) is 7.84. The number of hydrogen-bond acceptors (Lipinski definition) is 9. The molecule has 2 bridgehead atoms. The molecule has 3 aromatic rings. The molecule has 2 saturated heterocycles. The molecule has 1 unspecified atom stereocenters. The fourth-order valence-electron chi connectivity index (χ4n) is 5.10. The summed E-state index contributed by atoms with van der Waals surface area (Å²) in [5, 5.41) is 6.30. The minimum Gasteiger partial charge on any atom is -0.402 e. The van der Waals surface area contributed by atoms with Gasteiger partial charge in [0.25, 0.3) is 10.0 Å². The highest BCUT2D eigenvalue weighted by molar-refractivity contribution is 7.89. The first-order valence-electron chi connectivity index (χ1n) is 11.5. The van der Waals surface area contributed by atoms with Crippen LogP contribution in [0.4, 0.5) is 11.8 Å². The zero-order valence-electron chi connectivity index (χ0n) is 19.6. The number of rotatable bonds is 6. The average Bonchev–Trinajstić information content (AvgIpc) is 3.41. The van der Waals surface area contributed by atoms with E-state index in [0.717, 1.165) is 29.5 Å². The van der Waals surface area contributed by atoms with E-state index in [1.807, 2.05) is 11.4 Å². The van der Waals surface area contributed by atoms with Gasteiger partial charge in [0.2, 0.25) is 11.1 Å². The Morgan fingerprint density at radius 1 is 1.26 bits per heavy atom. The molecule has 3 aromatic heterocycles. The molecule has 13 heteroatoms. The molecule has 35 heavy (non-hydrogen) atoms. The maximum Gasteiger partial charge on any atom is 0.277 e. The quantitative estimate of drug-likeness (QED) is 0.334. The van der Waals surface area contributed by atoms with Gasteiger partial charge in [0.05, 0.1) is 5.39 Å². The van der Waals surface area contributed by atoms with Crippen LogP contribution in [0.3, 0.4) is 0 Å². The molecule has 186 valence electrons. The lowest BCUT2D eigenvalue weighted by molar-refractivity contribution is 0.115. The second kappa shape index (κ2) is 9.21. The third-order valence-corrected chi connectivity index (χ3v) is 9.25. The first-order valence-corrected chi connectivity index (χ1v) is 13.8. The number of nitrogens with two attached hydrogens (primary N) is 2. The summed E-state index contributed by atoms with van der Waals surface area (Å²) >= 11 is 1.50. The number of aryl methyl sites for hydroxylation is 1. The maximum absolute atomic E-state index is 13.4. The van der Waals surface area contributed by atoms with E-state index in [0.29, 0.717) is 30.3 Å². The average molecular weight is 516 g/mol. The molecule has 0 aliphatic carbocycles. The fraction of sp³-hybridized carbons (Fsp3) is 0.455. The number of sulfonamides is 1. The summed E-state index contributed by atoms with van der Waals surface area (Å²) < 4.78 is 30.2. The normalized spacial score (nSPS) is 24.1. The predicted molar refractivity (Wildman–Crippen MR) is 137 cm³/mol. The maximum atomic E-state index is 13.4. The molecule has 0 spiro atoms. The SMILES string of the molecule is C/C(N)=C/C(N)=Nc1nc(NC2C[C@H]3CCC[C@@H](C2)N3S(=O)(=O)c2nccn2C)nc2sccc12. The molecule has 3 atom stereocenters. The highest BCUT2D eigenvalue weighted by Gasteiger charge is 2.46. The van der Waals surface area contributed by atoms with Gasteiger partial charge >= 0.3 is 0 Å². The summed E-state index contributed by atoms with van der Waals surface area (Å²) in [7, 11) is -1.97. The summed E-state index contributed by atoms with van der Waals surface area (Å²) in [6.45, 7) is 1.74. The van der Waals surface area contributed by atoms with Crippen molar-refractivity contribution in [2.24, 2.45) is 23.5 Å². The topological polar surface area (TPSA) is 157 Å². The number of amidine groups is 1. The Kier molecular flexibility index (Phi) is 6.23. The number of nitrogens with one attached hydrogen (secondary N) is 1. The van der Waals surface area contributed by atoms with E-state index in [1.54, 1.807) is 35.1 Å². The van der Waals surface area contributed by atoms with Crippen molar-refractivity contribution < 1.29 is 8.42 Å². The number of fused-ring (bicyclic) bond motifs is 3.